The number of carbonyl (C=O) groups excluding carboxylic acids is 1. The van der Waals surface area contributed by atoms with Crippen molar-refractivity contribution in [1.82, 2.24) is 9.78 Å². The molecule has 1 aliphatic carbocycles. The molecule has 0 spiro atoms. The van der Waals surface area contributed by atoms with Crippen LogP contribution in [0.4, 0.5) is 0 Å². The maximum atomic E-state index is 12.6. The first-order valence-electron chi connectivity index (χ1n) is 6.95. The molecule has 1 saturated carbocycles. The summed E-state index contributed by atoms with van der Waals surface area (Å²) in [6.45, 7) is 8.34. The van der Waals surface area contributed by atoms with E-state index < -0.39 is 10.8 Å². The van der Waals surface area contributed by atoms with Gasteiger partial charge in [-0.2, -0.15) is 10.4 Å². The van der Waals surface area contributed by atoms with Crippen LogP contribution in [0.2, 0.25) is 5.02 Å². The number of aromatic nitrogens is 2. The van der Waals surface area contributed by atoms with E-state index in [-0.39, 0.29) is 5.78 Å². The first-order valence-corrected chi connectivity index (χ1v) is 7.33. The Balaban J connectivity index is 2.43. The minimum absolute atomic E-state index is 0.0325. The lowest BCUT2D eigenvalue weighted by molar-refractivity contribution is -0.130. The number of aryl methyl sites for hydroxylation is 2. The SMILES string of the molecule is CCn1nc(C)c(Cl)c1CC1(C#N)CCC(C)(C)C1=O. The molecule has 0 amide bonds. The molecule has 1 aliphatic rings. The van der Waals surface area contributed by atoms with Crippen LogP contribution < -0.4 is 0 Å². The molecule has 1 aromatic rings. The van der Waals surface area contributed by atoms with Gasteiger partial charge in [0, 0.05) is 18.4 Å². The van der Waals surface area contributed by atoms with Crippen molar-refractivity contribution in [1.29, 1.82) is 5.26 Å². The lowest BCUT2D eigenvalue weighted by Gasteiger charge is -2.22. The second kappa shape index (κ2) is 4.89. The van der Waals surface area contributed by atoms with Crippen molar-refractivity contribution >= 4 is 17.4 Å². The largest absolute Gasteiger partial charge is 0.297 e. The molecule has 0 aromatic carbocycles. The summed E-state index contributed by atoms with van der Waals surface area (Å²) in [7, 11) is 0. The van der Waals surface area contributed by atoms with Crippen LogP contribution in [-0.2, 0) is 17.8 Å². The molecule has 2 rings (SSSR count). The molecule has 0 bridgehead atoms. The Morgan fingerprint density at radius 3 is 2.55 bits per heavy atom. The van der Waals surface area contributed by atoms with Crippen molar-refractivity contribution in [3.8, 4) is 6.07 Å². The van der Waals surface area contributed by atoms with Gasteiger partial charge in [-0.25, -0.2) is 0 Å². The van der Waals surface area contributed by atoms with Crippen molar-refractivity contribution < 1.29 is 4.79 Å². The lowest BCUT2D eigenvalue weighted by Crippen LogP contribution is -2.33. The van der Waals surface area contributed by atoms with E-state index in [1.165, 1.54) is 0 Å². The van der Waals surface area contributed by atoms with Crippen LogP contribution in [0, 0.1) is 29.1 Å². The number of nitrogens with zero attached hydrogens (tertiary/aromatic N) is 3. The van der Waals surface area contributed by atoms with Gasteiger partial charge in [-0.15, -0.1) is 0 Å². The van der Waals surface area contributed by atoms with Gasteiger partial charge in [-0.05, 0) is 26.7 Å². The number of ketones is 1. The second-order valence-electron chi connectivity index (χ2n) is 6.25. The molecular formula is C15H20ClN3O. The average Bonchev–Trinajstić information content (AvgIpc) is 2.81. The number of halogens is 1. The molecule has 108 valence electrons. The second-order valence-corrected chi connectivity index (χ2v) is 6.62. The molecule has 0 radical (unpaired) electrons. The Labute approximate surface area is 124 Å². The fourth-order valence-corrected chi connectivity index (χ4v) is 3.24. The number of Topliss-reactive ketones (excluding diaryl/α,β-unsaturated/α-hetero) is 1. The molecule has 4 nitrogen and oxygen atoms in total. The smallest absolute Gasteiger partial charge is 0.159 e. The summed E-state index contributed by atoms with van der Waals surface area (Å²) in [5, 5.41) is 14.5. The molecule has 1 heterocycles. The van der Waals surface area contributed by atoms with E-state index in [2.05, 4.69) is 11.2 Å². The van der Waals surface area contributed by atoms with Gasteiger partial charge < -0.3 is 0 Å². The first-order chi connectivity index (χ1) is 9.27. The molecule has 0 aliphatic heterocycles. The van der Waals surface area contributed by atoms with E-state index in [9.17, 15) is 10.1 Å². The van der Waals surface area contributed by atoms with E-state index >= 15 is 0 Å². The highest BCUT2D eigenvalue weighted by molar-refractivity contribution is 6.31. The van der Waals surface area contributed by atoms with Gasteiger partial charge in [0.1, 0.15) is 5.41 Å². The fourth-order valence-electron chi connectivity index (χ4n) is 3.04. The number of rotatable bonds is 3. The Hall–Kier alpha value is -1.34. The van der Waals surface area contributed by atoms with Crippen LogP contribution in [0.1, 0.15) is 45.0 Å². The third-order valence-corrected chi connectivity index (χ3v) is 4.85. The van der Waals surface area contributed by atoms with Gasteiger partial charge in [-0.1, -0.05) is 25.4 Å². The quantitative estimate of drug-likeness (QED) is 0.859. The van der Waals surface area contributed by atoms with Crippen LogP contribution in [0.25, 0.3) is 0 Å². The molecule has 20 heavy (non-hydrogen) atoms. The summed E-state index contributed by atoms with van der Waals surface area (Å²) in [4.78, 5) is 12.6. The molecule has 5 heteroatoms. The van der Waals surface area contributed by atoms with Crippen molar-refractivity contribution in [2.24, 2.45) is 10.8 Å². The molecule has 0 saturated heterocycles. The minimum Gasteiger partial charge on any atom is -0.297 e. The number of carbonyl (C=O) groups is 1. The summed E-state index contributed by atoms with van der Waals surface area (Å²) >= 11 is 6.30. The normalized spacial score (nSPS) is 24.9. The zero-order chi connectivity index (χ0) is 15.1. The van der Waals surface area contributed by atoms with Crippen molar-refractivity contribution in [2.45, 2.75) is 53.5 Å². The lowest BCUT2D eigenvalue weighted by atomic mass is 9.78. The monoisotopic (exact) mass is 293 g/mol. The third kappa shape index (κ3) is 2.14. The fraction of sp³-hybridized carbons (Fsp3) is 0.667. The zero-order valence-electron chi connectivity index (χ0n) is 12.5. The molecule has 1 unspecified atom stereocenters. The van der Waals surface area contributed by atoms with Crippen LogP contribution >= 0.6 is 11.6 Å². The minimum atomic E-state index is -0.952. The van der Waals surface area contributed by atoms with Crippen LogP contribution in [0.15, 0.2) is 0 Å². The summed E-state index contributed by atoms with van der Waals surface area (Å²) in [5.41, 5.74) is 0.182. The standard InChI is InChI=1S/C15H20ClN3O/c1-5-19-11(12(16)10(2)18-19)8-15(9-17)7-6-14(3,4)13(15)20/h5-8H2,1-4H3. The molecule has 1 atom stereocenters. The summed E-state index contributed by atoms with van der Waals surface area (Å²) in [5.74, 6) is 0.0325. The average molecular weight is 294 g/mol. The third-order valence-electron chi connectivity index (χ3n) is 4.36. The maximum Gasteiger partial charge on any atom is 0.159 e. The van der Waals surface area contributed by atoms with Gasteiger partial charge in [0.25, 0.3) is 0 Å². The Morgan fingerprint density at radius 2 is 2.10 bits per heavy atom. The number of hydrogen-bond donors (Lipinski definition) is 0. The van der Waals surface area contributed by atoms with Gasteiger partial charge in [0.05, 0.1) is 22.5 Å². The van der Waals surface area contributed by atoms with E-state index in [1.807, 2.05) is 27.7 Å². The molecular weight excluding hydrogens is 274 g/mol. The van der Waals surface area contributed by atoms with Crippen LogP contribution in [0.5, 0.6) is 0 Å². The predicted molar refractivity (Wildman–Crippen MR) is 77.4 cm³/mol. The molecule has 1 fully saturated rings. The van der Waals surface area contributed by atoms with Crippen molar-refractivity contribution in [3.05, 3.63) is 16.4 Å². The highest BCUT2D eigenvalue weighted by Crippen LogP contribution is 2.47. The van der Waals surface area contributed by atoms with Gasteiger partial charge in [0.15, 0.2) is 5.78 Å². The Kier molecular flexibility index (Phi) is 3.68. The van der Waals surface area contributed by atoms with E-state index in [0.29, 0.717) is 24.4 Å². The molecule has 1 aromatic heterocycles. The van der Waals surface area contributed by atoms with Crippen LogP contribution in [-0.4, -0.2) is 15.6 Å². The highest BCUT2D eigenvalue weighted by Gasteiger charge is 2.53. The summed E-state index contributed by atoms with van der Waals surface area (Å²) < 4.78 is 1.80. The Morgan fingerprint density at radius 1 is 1.45 bits per heavy atom. The summed E-state index contributed by atoms with van der Waals surface area (Å²) in [6, 6.07) is 2.27. The van der Waals surface area contributed by atoms with Gasteiger partial charge >= 0.3 is 0 Å². The Bertz CT molecular complexity index is 597. The zero-order valence-corrected chi connectivity index (χ0v) is 13.2. The van der Waals surface area contributed by atoms with E-state index in [4.69, 9.17) is 11.6 Å². The van der Waals surface area contributed by atoms with E-state index in [0.717, 1.165) is 17.8 Å². The first kappa shape index (κ1) is 15.1. The number of hydrogen-bond acceptors (Lipinski definition) is 3. The van der Waals surface area contributed by atoms with Crippen molar-refractivity contribution in [2.75, 3.05) is 0 Å². The number of nitriles is 1. The van der Waals surface area contributed by atoms with Gasteiger partial charge in [-0.3, -0.25) is 9.48 Å². The van der Waals surface area contributed by atoms with Gasteiger partial charge in [0.2, 0.25) is 0 Å². The molecule has 0 N–H and O–H groups in total. The maximum absolute atomic E-state index is 12.6. The predicted octanol–water partition coefficient (Wildman–Crippen LogP) is 3.31. The van der Waals surface area contributed by atoms with Crippen LogP contribution in [0.3, 0.4) is 0 Å². The highest BCUT2D eigenvalue weighted by atomic mass is 35.5. The van der Waals surface area contributed by atoms with E-state index in [1.54, 1.807) is 4.68 Å². The topological polar surface area (TPSA) is 58.7 Å². The summed E-state index contributed by atoms with van der Waals surface area (Å²) in [6.07, 6.45) is 1.70. The van der Waals surface area contributed by atoms with Crippen molar-refractivity contribution in [3.63, 3.8) is 0 Å².